The van der Waals surface area contributed by atoms with E-state index in [2.05, 4.69) is 29.4 Å². The molecule has 4 fully saturated rings. The predicted octanol–water partition coefficient (Wildman–Crippen LogP) is 3.15. The van der Waals surface area contributed by atoms with Gasteiger partial charge >= 0.3 is 6.03 Å². The van der Waals surface area contributed by atoms with Gasteiger partial charge in [-0.05, 0) is 73.5 Å². The molecule has 3 aliphatic carbocycles. The Kier molecular flexibility index (Phi) is 4.27. The molecular weight excluding hydrogens is 326 g/mol. The second-order valence-electron chi connectivity index (χ2n) is 9.88. The summed E-state index contributed by atoms with van der Waals surface area (Å²) in [7, 11) is 3.72. The van der Waals surface area contributed by atoms with Crippen LogP contribution < -0.4 is 10.6 Å². The van der Waals surface area contributed by atoms with Crippen molar-refractivity contribution in [1.29, 1.82) is 0 Å². The topological polar surface area (TPSA) is 61.4 Å². The molecule has 146 valence electrons. The van der Waals surface area contributed by atoms with Gasteiger partial charge in [-0.25, -0.2) is 4.79 Å². The van der Waals surface area contributed by atoms with E-state index in [9.17, 15) is 9.59 Å². The van der Waals surface area contributed by atoms with E-state index < -0.39 is 0 Å². The zero-order valence-corrected chi connectivity index (χ0v) is 16.8. The summed E-state index contributed by atoms with van der Waals surface area (Å²) in [4.78, 5) is 26.2. The van der Waals surface area contributed by atoms with E-state index >= 15 is 0 Å². The minimum atomic E-state index is -0.0397. The highest BCUT2D eigenvalue weighted by molar-refractivity contribution is 5.77. The van der Waals surface area contributed by atoms with E-state index in [0.29, 0.717) is 23.9 Å². The zero-order chi connectivity index (χ0) is 18.7. The van der Waals surface area contributed by atoms with Gasteiger partial charge in [0.25, 0.3) is 0 Å². The van der Waals surface area contributed by atoms with Crippen molar-refractivity contribution in [3.63, 3.8) is 0 Å². The summed E-state index contributed by atoms with van der Waals surface area (Å²) in [5, 5.41) is 5.97. The molecular formula is C21H35N3O2. The smallest absolute Gasteiger partial charge is 0.314 e. The van der Waals surface area contributed by atoms with Crippen LogP contribution in [0.15, 0.2) is 0 Å². The van der Waals surface area contributed by atoms with Crippen LogP contribution in [0, 0.1) is 28.6 Å². The van der Waals surface area contributed by atoms with E-state index in [1.165, 1.54) is 25.7 Å². The van der Waals surface area contributed by atoms with Crippen molar-refractivity contribution in [3.8, 4) is 0 Å². The summed E-state index contributed by atoms with van der Waals surface area (Å²) >= 11 is 0. The molecule has 3 saturated carbocycles. The fourth-order valence-corrected chi connectivity index (χ4v) is 7.62. The lowest BCUT2D eigenvalue weighted by molar-refractivity contribution is -0.157. The van der Waals surface area contributed by atoms with Crippen LogP contribution in [0.25, 0.3) is 0 Å². The Hall–Kier alpha value is -1.26. The number of likely N-dealkylation sites (tertiary alicyclic amines) is 1. The number of nitrogens with zero attached hydrogens (tertiary/aromatic N) is 1. The Morgan fingerprint density at radius 2 is 1.77 bits per heavy atom. The van der Waals surface area contributed by atoms with Crippen molar-refractivity contribution in [2.45, 2.75) is 77.3 Å². The maximum Gasteiger partial charge on any atom is 0.314 e. The van der Waals surface area contributed by atoms with Gasteiger partial charge in [0.1, 0.15) is 0 Å². The molecule has 26 heavy (non-hydrogen) atoms. The monoisotopic (exact) mass is 361 g/mol. The second kappa shape index (κ2) is 6.13. The highest BCUT2D eigenvalue weighted by atomic mass is 16.2. The largest absolute Gasteiger partial charge is 0.342 e. The van der Waals surface area contributed by atoms with E-state index in [4.69, 9.17) is 0 Å². The summed E-state index contributed by atoms with van der Waals surface area (Å²) < 4.78 is 0. The van der Waals surface area contributed by atoms with Crippen molar-refractivity contribution in [1.82, 2.24) is 15.5 Å². The maximum absolute atomic E-state index is 12.2. The van der Waals surface area contributed by atoms with Crippen molar-refractivity contribution in [3.05, 3.63) is 0 Å². The number of urea groups is 1. The number of hydrogen-bond donors (Lipinski definition) is 2. The molecule has 4 aliphatic rings. The van der Waals surface area contributed by atoms with E-state index in [-0.39, 0.29) is 16.9 Å². The first-order chi connectivity index (χ1) is 12.3. The van der Waals surface area contributed by atoms with Crippen LogP contribution in [0.1, 0.15) is 65.2 Å². The first-order valence-electron chi connectivity index (χ1n) is 10.5. The van der Waals surface area contributed by atoms with Gasteiger partial charge in [-0.15, -0.1) is 0 Å². The van der Waals surface area contributed by atoms with Gasteiger partial charge in [0.2, 0.25) is 5.91 Å². The van der Waals surface area contributed by atoms with Crippen molar-refractivity contribution >= 4 is 11.9 Å². The third kappa shape index (κ3) is 2.41. The van der Waals surface area contributed by atoms with Gasteiger partial charge < -0.3 is 15.5 Å². The van der Waals surface area contributed by atoms with Crippen LogP contribution >= 0.6 is 0 Å². The Balaban J connectivity index is 1.57. The number of carbonyl (C=O) groups is 2. The van der Waals surface area contributed by atoms with E-state index in [0.717, 1.165) is 37.5 Å². The Morgan fingerprint density at radius 1 is 1.04 bits per heavy atom. The number of fused-ring (bicyclic) bond motifs is 5. The standard InChI is InChI=1S/C21H35N3O2/c1-20-11-9-15-13(14(20)6-7-16(20)23-19(26)22-3)5-8-17-21(15,2)12-10-18(25)24(17)4/h13-17H,5-12H2,1-4H3,(H2,22,23,26)/t13?,14?,15?,16?,17-,20?,21?/m1/s1. The molecule has 4 rings (SSSR count). The molecule has 7 atom stereocenters. The Bertz CT molecular complexity index is 608. The first kappa shape index (κ1) is 18.1. The molecule has 3 amide bonds. The minimum Gasteiger partial charge on any atom is -0.342 e. The number of rotatable bonds is 1. The average molecular weight is 362 g/mol. The molecule has 0 aromatic carbocycles. The summed E-state index contributed by atoms with van der Waals surface area (Å²) in [5.41, 5.74) is 0.506. The Labute approximate surface area is 157 Å². The number of carbonyl (C=O) groups excluding carboxylic acids is 2. The van der Waals surface area contributed by atoms with Crippen molar-refractivity contribution < 1.29 is 9.59 Å². The molecule has 0 aromatic rings. The molecule has 2 N–H and O–H groups in total. The molecule has 5 heteroatoms. The van der Waals surface area contributed by atoms with Crippen LogP contribution in [-0.4, -0.2) is 43.0 Å². The van der Waals surface area contributed by atoms with E-state index in [1.54, 1.807) is 7.05 Å². The molecule has 5 nitrogen and oxygen atoms in total. The first-order valence-corrected chi connectivity index (χ1v) is 10.5. The molecule has 1 aliphatic heterocycles. The van der Waals surface area contributed by atoms with Gasteiger partial charge in [0, 0.05) is 32.6 Å². The summed E-state index contributed by atoms with van der Waals surface area (Å²) in [5.74, 6) is 2.54. The molecule has 1 heterocycles. The van der Waals surface area contributed by atoms with Gasteiger partial charge in [-0.3, -0.25) is 4.79 Å². The summed E-state index contributed by atoms with van der Waals surface area (Å²) in [6, 6.07) is 0.687. The number of piperidine rings is 1. The second-order valence-corrected chi connectivity index (χ2v) is 9.88. The average Bonchev–Trinajstić information content (AvgIpc) is 2.95. The van der Waals surface area contributed by atoms with Crippen LogP contribution in [0.4, 0.5) is 4.79 Å². The van der Waals surface area contributed by atoms with Crippen molar-refractivity contribution in [2.75, 3.05) is 14.1 Å². The SMILES string of the molecule is CNC(=O)NC1CCC2C3CC[C@H]4N(C)C(=O)CCC4(C)C3CCC12C. The lowest BCUT2D eigenvalue weighted by atomic mass is 9.47. The maximum atomic E-state index is 12.2. The third-order valence-electron chi connectivity index (χ3n) is 9.09. The lowest BCUT2D eigenvalue weighted by Crippen LogP contribution is -2.62. The summed E-state index contributed by atoms with van der Waals surface area (Å²) in [6.07, 6.45) is 8.97. The summed E-state index contributed by atoms with van der Waals surface area (Å²) in [6.45, 7) is 4.89. The van der Waals surface area contributed by atoms with Crippen LogP contribution in [0.2, 0.25) is 0 Å². The predicted molar refractivity (Wildman–Crippen MR) is 102 cm³/mol. The van der Waals surface area contributed by atoms with Crippen LogP contribution in [0.5, 0.6) is 0 Å². The van der Waals surface area contributed by atoms with Gasteiger partial charge in [-0.1, -0.05) is 13.8 Å². The lowest BCUT2D eigenvalue weighted by Gasteiger charge is -2.61. The molecule has 0 spiro atoms. The van der Waals surface area contributed by atoms with Gasteiger partial charge in [0.15, 0.2) is 0 Å². The normalized spacial score (nSPS) is 47.6. The quantitative estimate of drug-likeness (QED) is 0.754. The third-order valence-corrected chi connectivity index (χ3v) is 9.09. The van der Waals surface area contributed by atoms with Crippen LogP contribution in [0.3, 0.4) is 0 Å². The molecule has 0 radical (unpaired) electrons. The minimum absolute atomic E-state index is 0.0397. The number of nitrogens with one attached hydrogen (secondary N) is 2. The fourth-order valence-electron chi connectivity index (χ4n) is 7.62. The molecule has 1 saturated heterocycles. The van der Waals surface area contributed by atoms with E-state index in [1.807, 2.05) is 7.05 Å². The Morgan fingerprint density at radius 3 is 2.50 bits per heavy atom. The highest BCUT2D eigenvalue weighted by Crippen LogP contribution is 2.64. The highest BCUT2D eigenvalue weighted by Gasteiger charge is 2.61. The zero-order valence-electron chi connectivity index (χ0n) is 16.8. The van der Waals surface area contributed by atoms with Crippen molar-refractivity contribution in [2.24, 2.45) is 28.6 Å². The number of amides is 3. The van der Waals surface area contributed by atoms with Gasteiger partial charge in [-0.2, -0.15) is 0 Å². The van der Waals surface area contributed by atoms with Crippen LogP contribution in [-0.2, 0) is 4.79 Å². The fraction of sp³-hybridized carbons (Fsp3) is 0.905. The molecule has 0 aromatic heterocycles. The molecule has 0 bridgehead atoms. The van der Waals surface area contributed by atoms with Gasteiger partial charge in [0.05, 0.1) is 0 Å². The number of hydrogen-bond acceptors (Lipinski definition) is 2. The molecule has 6 unspecified atom stereocenters.